The largest absolute Gasteiger partial charge is 0.348 e. The van der Waals surface area contributed by atoms with Crippen LogP contribution in [0.1, 0.15) is 21.5 Å². The minimum atomic E-state index is -0.210. The van der Waals surface area contributed by atoms with E-state index in [1.165, 1.54) is 5.56 Å². The second-order valence-electron chi connectivity index (χ2n) is 6.70. The Balaban J connectivity index is 1.58. The van der Waals surface area contributed by atoms with Crippen molar-refractivity contribution in [2.45, 2.75) is 13.1 Å². The van der Waals surface area contributed by atoms with Crippen LogP contribution in [0.3, 0.4) is 0 Å². The number of para-hydroxylation sites is 1. The monoisotopic (exact) mass is 394 g/mol. The van der Waals surface area contributed by atoms with Gasteiger partial charge in [-0.2, -0.15) is 11.3 Å². The molecule has 3 aromatic rings. The molecule has 1 atom stereocenters. The molecule has 2 amide bonds. The maximum atomic E-state index is 12.6. The van der Waals surface area contributed by atoms with Gasteiger partial charge in [-0.15, -0.1) is 0 Å². The van der Waals surface area contributed by atoms with Crippen molar-refractivity contribution >= 4 is 28.8 Å². The van der Waals surface area contributed by atoms with Gasteiger partial charge >= 0.3 is 0 Å². The minimum absolute atomic E-state index is 0.115. The minimum Gasteiger partial charge on any atom is -0.348 e. The number of benzene rings is 2. The molecule has 0 aliphatic carbocycles. The summed E-state index contributed by atoms with van der Waals surface area (Å²) in [6, 6.07) is 18.9. The third-order valence-corrected chi connectivity index (χ3v) is 5.02. The van der Waals surface area contributed by atoms with Gasteiger partial charge in [0.1, 0.15) is 6.54 Å². The Bertz CT molecular complexity index is 911. The number of amides is 2. The van der Waals surface area contributed by atoms with Crippen LogP contribution < -0.4 is 15.5 Å². The summed E-state index contributed by atoms with van der Waals surface area (Å²) in [6.07, 6.45) is 0. The molecule has 0 spiro atoms. The molecule has 6 heteroatoms. The average Bonchev–Trinajstić information content (AvgIpc) is 3.20. The Kier molecular flexibility index (Phi) is 6.94. The molecule has 0 bridgehead atoms. The van der Waals surface area contributed by atoms with Crippen molar-refractivity contribution in [3.63, 3.8) is 0 Å². The highest BCUT2D eigenvalue weighted by Crippen LogP contribution is 2.15. The highest BCUT2D eigenvalue weighted by molar-refractivity contribution is 7.07. The van der Waals surface area contributed by atoms with E-state index in [4.69, 9.17) is 0 Å². The molecule has 1 heterocycles. The van der Waals surface area contributed by atoms with E-state index < -0.39 is 0 Å². The molecule has 0 saturated carbocycles. The van der Waals surface area contributed by atoms with E-state index in [1.54, 1.807) is 29.5 Å². The van der Waals surface area contributed by atoms with Gasteiger partial charge in [-0.05, 0) is 34.5 Å². The number of likely N-dealkylation sites (N-methyl/N-ethyl adjacent to an activating group) is 1. The SMILES string of the molecule is C[NH+](CC(=O)Nc1ccccc1C(=O)NCc1ccccc1)Cc1ccsc1. The fourth-order valence-electron chi connectivity index (χ4n) is 2.94. The maximum absolute atomic E-state index is 12.6. The number of anilines is 1. The number of hydrogen-bond acceptors (Lipinski definition) is 3. The summed E-state index contributed by atoms with van der Waals surface area (Å²) < 4.78 is 0. The van der Waals surface area contributed by atoms with Gasteiger partial charge in [-0.25, -0.2) is 0 Å². The van der Waals surface area contributed by atoms with E-state index >= 15 is 0 Å². The smallest absolute Gasteiger partial charge is 0.279 e. The molecule has 0 aliphatic rings. The first kappa shape index (κ1) is 19.8. The number of quaternary nitrogens is 1. The summed E-state index contributed by atoms with van der Waals surface area (Å²) in [6.45, 7) is 1.56. The van der Waals surface area contributed by atoms with Gasteiger partial charge in [0.05, 0.1) is 18.3 Å². The zero-order valence-corrected chi connectivity index (χ0v) is 16.6. The van der Waals surface area contributed by atoms with E-state index in [0.29, 0.717) is 24.3 Å². The summed E-state index contributed by atoms with van der Waals surface area (Å²) in [5, 5.41) is 9.91. The average molecular weight is 395 g/mol. The Morgan fingerprint density at radius 3 is 2.46 bits per heavy atom. The molecule has 0 aliphatic heterocycles. The van der Waals surface area contributed by atoms with Crippen LogP contribution in [0.25, 0.3) is 0 Å². The van der Waals surface area contributed by atoms with Gasteiger partial charge in [-0.3, -0.25) is 9.59 Å². The standard InChI is InChI=1S/C22H23N3O2S/c1-25(14-18-11-12-28-16-18)15-21(26)24-20-10-6-5-9-19(20)22(27)23-13-17-7-3-2-4-8-17/h2-12,16H,13-15H2,1H3,(H,23,27)(H,24,26)/p+1. The zero-order valence-electron chi connectivity index (χ0n) is 15.8. The van der Waals surface area contributed by atoms with Gasteiger partial charge in [0, 0.05) is 12.1 Å². The van der Waals surface area contributed by atoms with E-state index in [-0.39, 0.29) is 11.8 Å². The van der Waals surface area contributed by atoms with Crippen molar-refractivity contribution in [1.82, 2.24) is 5.32 Å². The van der Waals surface area contributed by atoms with Crippen molar-refractivity contribution in [2.24, 2.45) is 0 Å². The molecule has 0 radical (unpaired) electrons. The molecule has 1 unspecified atom stereocenters. The molecule has 1 aromatic heterocycles. The third-order valence-electron chi connectivity index (χ3n) is 4.29. The van der Waals surface area contributed by atoms with Crippen molar-refractivity contribution in [1.29, 1.82) is 0 Å². The topological polar surface area (TPSA) is 62.6 Å². The Labute approximate surface area is 169 Å². The van der Waals surface area contributed by atoms with Gasteiger partial charge in [-0.1, -0.05) is 42.5 Å². The first-order valence-electron chi connectivity index (χ1n) is 9.15. The fraction of sp³-hybridized carbons (Fsp3) is 0.182. The Morgan fingerprint density at radius 2 is 1.71 bits per heavy atom. The molecule has 0 fully saturated rings. The van der Waals surface area contributed by atoms with E-state index in [9.17, 15) is 9.59 Å². The number of carbonyl (C=O) groups is 2. The van der Waals surface area contributed by atoms with Crippen LogP contribution in [-0.4, -0.2) is 25.4 Å². The molecule has 0 saturated heterocycles. The summed E-state index contributed by atoms with van der Waals surface area (Å²) in [7, 11) is 1.98. The predicted octanol–water partition coefficient (Wildman–Crippen LogP) is 2.33. The van der Waals surface area contributed by atoms with Gasteiger partial charge in [0.25, 0.3) is 11.8 Å². The van der Waals surface area contributed by atoms with Gasteiger partial charge < -0.3 is 15.5 Å². The number of thiophene rings is 1. The van der Waals surface area contributed by atoms with Crippen molar-refractivity contribution in [3.8, 4) is 0 Å². The normalized spacial score (nSPS) is 11.6. The highest BCUT2D eigenvalue weighted by Gasteiger charge is 2.15. The van der Waals surface area contributed by atoms with E-state index in [1.807, 2.05) is 48.8 Å². The first-order valence-corrected chi connectivity index (χ1v) is 10.1. The third kappa shape index (κ3) is 5.77. The lowest BCUT2D eigenvalue weighted by atomic mass is 10.1. The van der Waals surface area contributed by atoms with Crippen LogP contribution in [0.5, 0.6) is 0 Å². The van der Waals surface area contributed by atoms with Crippen LogP contribution in [0.4, 0.5) is 5.69 Å². The molecule has 144 valence electrons. The Morgan fingerprint density at radius 1 is 0.964 bits per heavy atom. The predicted molar refractivity (Wildman–Crippen MR) is 112 cm³/mol. The summed E-state index contributed by atoms with van der Waals surface area (Å²) in [5.41, 5.74) is 3.23. The summed E-state index contributed by atoms with van der Waals surface area (Å²) >= 11 is 1.65. The fourth-order valence-corrected chi connectivity index (χ4v) is 3.60. The molecule has 2 aromatic carbocycles. The summed E-state index contributed by atoms with van der Waals surface area (Å²) in [5.74, 6) is -0.324. The van der Waals surface area contributed by atoms with Crippen LogP contribution in [-0.2, 0) is 17.9 Å². The number of nitrogens with one attached hydrogen (secondary N) is 3. The van der Waals surface area contributed by atoms with E-state index in [2.05, 4.69) is 22.1 Å². The summed E-state index contributed by atoms with van der Waals surface area (Å²) in [4.78, 5) is 26.1. The van der Waals surface area contributed by atoms with Crippen LogP contribution in [0.15, 0.2) is 71.4 Å². The molecule has 28 heavy (non-hydrogen) atoms. The molecular weight excluding hydrogens is 370 g/mol. The zero-order chi connectivity index (χ0) is 19.8. The van der Waals surface area contributed by atoms with Crippen LogP contribution >= 0.6 is 11.3 Å². The van der Waals surface area contributed by atoms with Crippen LogP contribution in [0, 0.1) is 0 Å². The Hall–Kier alpha value is -2.96. The second kappa shape index (κ2) is 9.82. The molecule has 5 nitrogen and oxygen atoms in total. The van der Waals surface area contributed by atoms with Gasteiger partial charge in [0.15, 0.2) is 6.54 Å². The number of hydrogen-bond donors (Lipinski definition) is 3. The maximum Gasteiger partial charge on any atom is 0.279 e. The van der Waals surface area contributed by atoms with Gasteiger partial charge in [0.2, 0.25) is 0 Å². The lowest BCUT2D eigenvalue weighted by Gasteiger charge is -2.15. The molecule has 3 N–H and O–H groups in total. The highest BCUT2D eigenvalue weighted by atomic mass is 32.1. The van der Waals surface area contributed by atoms with Crippen molar-refractivity contribution in [2.75, 3.05) is 18.9 Å². The first-order chi connectivity index (χ1) is 13.6. The second-order valence-corrected chi connectivity index (χ2v) is 7.48. The van der Waals surface area contributed by atoms with E-state index in [0.717, 1.165) is 17.0 Å². The number of rotatable bonds is 8. The lowest BCUT2D eigenvalue weighted by Crippen LogP contribution is -3.08. The van der Waals surface area contributed by atoms with Crippen molar-refractivity contribution in [3.05, 3.63) is 88.1 Å². The molecular formula is C22H24N3O2S+. The van der Waals surface area contributed by atoms with Crippen LogP contribution in [0.2, 0.25) is 0 Å². The van der Waals surface area contributed by atoms with Crippen molar-refractivity contribution < 1.29 is 14.5 Å². The lowest BCUT2D eigenvalue weighted by molar-refractivity contribution is -0.885. The molecule has 3 rings (SSSR count). The quantitative estimate of drug-likeness (QED) is 0.549. The number of carbonyl (C=O) groups excluding carboxylic acids is 2.